The molecule has 1 heterocycles. The van der Waals surface area contributed by atoms with E-state index in [0.717, 1.165) is 35.6 Å². The third-order valence-corrected chi connectivity index (χ3v) is 4.22. The van der Waals surface area contributed by atoms with Crippen LogP contribution in [0.3, 0.4) is 0 Å². The summed E-state index contributed by atoms with van der Waals surface area (Å²) in [7, 11) is 5.69. The maximum atomic E-state index is 5.42. The van der Waals surface area contributed by atoms with Gasteiger partial charge in [0.25, 0.3) is 0 Å². The molecule has 0 saturated carbocycles. The molecule has 0 bridgehead atoms. The van der Waals surface area contributed by atoms with Crippen LogP contribution >= 0.6 is 12.4 Å². The van der Waals surface area contributed by atoms with Crippen LogP contribution in [-0.4, -0.2) is 25.8 Å². The molecule has 0 radical (unpaired) electrons. The molecule has 0 amide bonds. The van der Waals surface area contributed by atoms with Crippen molar-refractivity contribution in [1.29, 1.82) is 0 Å². The second kappa shape index (κ2) is 6.59. The molecule has 0 fully saturated rings. The molecular formula is C18H23ClNO2+. The van der Waals surface area contributed by atoms with Gasteiger partial charge in [0.2, 0.25) is 0 Å². The van der Waals surface area contributed by atoms with Gasteiger partial charge in [0.05, 0.1) is 21.3 Å². The highest BCUT2D eigenvalue weighted by Crippen LogP contribution is 2.38. The minimum Gasteiger partial charge on any atom is -0.493 e. The summed E-state index contributed by atoms with van der Waals surface area (Å²) in [5.74, 6) is 1.65. The molecule has 0 N–H and O–H groups in total. The topological polar surface area (TPSA) is 18.5 Å². The number of methoxy groups -OCH3 is 2. The van der Waals surface area contributed by atoms with E-state index in [-0.39, 0.29) is 12.4 Å². The largest absolute Gasteiger partial charge is 0.493 e. The van der Waals surface area contributed by atoms with Crippen LogP contribution in [-0.2, 0) is 19.6 Å². The van der Waals surface area contributed by atoms with Crippen LogP contribution in [0.25, 0.3) is 0 Å². The maximum Gasteiger partial charge on any atom is 0.161 e. The standard InChI is InChI=1S/C18H22NO2.ClH/c1-19(11-14-7-5-4-6-8-14)12-15-9-17(20-2)18(21-3)10-16(15)13-19;/h4-10H,11-13H2,1-3H3;1H/q+1;. The molecule has 3 rings (SSSR count). The fraction of sp³-hybridized carbons (Fsp3) is 0.333. The van der Waals surface area contributed by atoms with Crippen molar-refractivity contribution in [3.8, 4) is 11.5 Å². The van der Waals surface area contributed by atoms with Gasteiger partial charge in [0.1, 0.15) is 19.6 Å². The van der Waals surface area contributed by atoms with Gasteiger partial charge in [-0.3, -0.25) is 0 Å². The van der Waals surface area contributed by atoms with E-state index in [0.29, 0.717) is 0 Å². The van der Waals surface area contributed by atoms with E-state index in [9.17, 15) is 0 Å². The molecule has 0 saturated heterocycles. The number of ether oxygens (including phenoxy) is 2. The molecule has 0 aliphatic carbocycles. The molecule has 0 aromatic heterocycles. The Morgan fingerprint density at radius 1 is 0.909 bits per heavy atom. The van der Waals surface area contributed by atoms with Crippen LogP contribution in [0.2, 0.25) is 0 Å². The van der Waals surface area contributed by atoms with Gasteiger partial charge in [-0.05, 0) is 12.1 Å². The van der Waals surface area contributed by atoms with Gasteiger partial charge < -0.3 is 14.0 Å². The van der Waals surface area contributed by atoms with Gasteiger partial charge in [-0.1, -0.05) is 30.3 Å². The van der Waals surface area contributed by atoms with E-state index >= 15 is 0 Å². The highest BCUT2D eigenvalue weighted by molar-refractivity contribution is 5.85. The van der Waals surface area contributed by atoms with Crippen molar-refractivity contribution >= 4 is 12.4 Å². The third-order valence-electron chi connectivity index (χ3n) is 4.22. The summed E-state index contributed by atoms with van der Waals surface area (Å²) in [6.45, 7) is 3.11. The first-order valence-corrected chi connectivity index (χ1v) is 7.25. The first-order valence-electron chi connectivity index (χ1n) is 7.25. The number of benzene rings is 2. The van der Waals surface area contributed by atoms with Crippen molar-refractivity contribution in [1.82, 2.24) is 0 Å². The SMILES string of the molecule is COc1cc2c(cc1OC)C[N+](C)(Cc1ccccc1)C2.Cl. The Hall–Kier alpha value is -1.71. The van der Waals surface area contributed by atoms with Gasteiger partial charge in [0.15, 0.2) is 11.5 Å². The maximum absolute atomic E-state index is 5.42. The van der Waals surface area contributed by atoms with Crippen LogP contribution in [0.15, 0.2) is 42.5 Å². The minimum atomic E-state index is 0. The molecule has 4 heteroatoms. The Balaban J connectivity index is 0.00000176. The zero-order valence-corrected chi connectivity index (χ0v) is 14.2. The number of hydrogen-bond donors (Lipinski definition) is 0. The summed E-state index contributed by atoms with van der Waals surface area (Å²) in [5.41, 5.74) is 4.11. The third kappa shape index (κ3) is 3.21. The monoisotopic (exact) mass is 320 g/mol. The quantitative estimate of drug-likeness (QED) is 0.798. The predicted octanol–water partition coefficient (Wildman–Crippen LogP) is 3.79. The molecule has 118 valence electrons. The predicted molar refractivity (Wildman–Crippen MR) is 90.5 cm³/mol. The fourth-order valence-electron chi connectivity index (χ4n) is 3.27. The molecule has 2 aromatic rings. The average molecular weight is 321 g/mol. The normalized spacial score (nSPS) is 14.9. The second-order valence-electron chi connectivity index (χ2n) is 6.06. The second-order valence-corrected chi connectivity index (χ2v) is 6.06. The van der Waals surface area contributed by atoms with Crippen LogP contribution in [0.5, 0.6) is 11.5 Å². The summed E-state index contributed by atoms with van der Waals surface area (Å²) in [4.78, 5) is 0. The Bertz CT molecular complexity index is 610. The zero-order valence-electron chi connectivity index (χ0n) is 13.3. The smallest absolute Gasteiger partial charge is 0.161 e. The Morgan fingerprint density at radius 2 is 1.41 bits per heavy atom. The van der Waals surface area contributed by atoms with Crippen molar-refractivity contribution in [2.45, 2.75) is 19.6 Å². The van der Waals surface area contributed by atoms with Crippen molar-refractivity contribution in [3.63, 3.8) is 0 Å². The number of fused-ring (bicyclic) bond motifs is 1. The van der Waals surface area contributed by atoms with Crippen molar-refractivity contribution in [3.05, 3.63) is 59.2 Å². The first-order chi connectivity index (χ1) is 10.1. The molecule has 0 spiro atoms. The lowest BCUT2D eigenvalue weighted by molar-refractivity contribution is -0.941. The fourth-order valence-corrected chi connectivity index (χ4v) is 3.27. The molecule has 2 aromatic carbocycles. The highest BCUT2D eigenvalue weighted by Gasteiger charge is 2.33. The lowest BCUT2D eigenvalue weighted by atomic mass is 10.1. The van der Waals surface area contributed by atoms with E-state index in [2.05, 4.69) is 49.5 Å². The van der Waals surface area contributed by atoms with Crippen LogP contribution in [0.4, 0.5) is 0 Å². The van der Waals surface area contributed by atoms with Gasteiger partial charge >= 0.3 is 0 Å². The summed E-state index contributed by atoms with van der Waals surface area (Å²) < 4.78 is 11.8. The lowest BCUT2D eigenvalue weighted by Gasteiger charge is -2.29. The van der Waals surface area contributed by atoms with Gasteiger partial charge in [-0.25, -0.2) is 0 Å². The summed E-state index contributed by atoms with van der Waals surface area (Å²) in [6.07, 6.45) is 0. The summed E-state index contributed by atoms with van der Waals surface area (Å²) in [6, 6.07) is 14.9. The van der Waals surface area contributed by atoms with E-state index in [4.69, 9.17) is 9.47 Å². The number of quaternary nitrogens is 1. The highest BCUT2D eigenvalue weighted by atomic mass is 35.5. The Kier molecular flexibility index (Phi) is 4.99. The van der Waals surface area contributed by atoms with Crippen molar-refractivity contribution < 1.29 is 14.0 Å². The summed E-state index contributed by atoms with van der Waals surface area (Å²) >= 11 is 0. The van der Waals surface area contributed by atoms with E-state index in [1.54, 1.807) is 14.2 Å². The minimum absolute atomic E-state index is 0. The molecule has 22 heavy (non-hydrogen) atoms. The Morgan fingerprint density at radius 3 is 1.86 bits per heavy atom. The van der Waals surface area contributed by atoms with Gasteiger partial charge in [-0.2, -0.15) is 0 Å². The van der Waals surface area contributed by atoms with Crippen molar-refractivity contribution in [2.24, 2.45) is 0 Å². The average Bonchev–Trinajstić information content (AvgIpc) is 2.81. The molecule has 0 unspecified atom stereocenters. The summed E-state index contributed by atoms with van der Waals surface area (Å²) in [5, 5.41) is 0. The molecule has 3 nitrogen and oxygen atoms in total. The lowest BCUT2D eigenvalue weighted by Crippen LogP contribution is -2.37. The van der Waals surface area contributed by atoms with E-state index in [1.807, 2.05) is 0 Å². The van der Waals surface area contributed by atoms with Crippen molar-refractivity contribution in [2.75, 3.05) is 21.3 Å². The van der Waals surface area contributed by atoms with Crippen LogP contribution < -0.4 is 9.47 Å². The molecule has 1 aliphatic heterocycles. The number of rotatable bonds is 4. The first kappa shape index (κ1) is 16.7. The molecular weight excluding hydrogens is 298 g/mol. The molecule has 0 atom stereocenters. The van der Waals surface area contributed by atoms with Gasteiger partial charge in [0, 0.05) is 16.7 Å². The van der Waals surface area contributed by atoms with Crippen LogP contribution in [0.1, 0.15) is 16.7 Å². The zero-order chi connectivity index (χ0) is 14.9. The number of hydrogen-bond acceptors (Lipinski definition) is 2. The van der Waals surface area contributed by atoms with Crippen LogP contribution in [0, 0.1) is 0 Å². The van der Waals surface area contributed by atoms with E-state index in [1.165, 1.54) is 16.7 Å². The van der Waals surface area contributed by atoms with Gasteiger partial charge in [-0.15, -0.1) is 12.4 Å². The van der Waals surface area contributed by atoms with E-state index < -0.39 is 0 Å². The number of halogens is 1. The number of nitrogens with zero attached hydrogens (tertiary/aromatic N) is 1. The molecule has 1 aliphatic rings. The Labute approximate surface area is 138 Å².